The zero-order valence-corrected chi connectivity index (χ0v) is 9.44. The predicted octanol–water partition coefficient (Wildman–Crippen LogP) is 1.19. The van der Waals surface area contributed by atoms with Crippen LogP contribution in [-0.2, 0) is 10.1 Å². The van der Waals surface area contributed by atoms with E-state index in [0.717, 1.165) is 12.8 Å². The Balaban J connectivity index is 2.29. The minimum absolute atomic E-state index is 0.0724. The van der Waals surface area contributed by atoms with Gasteiger partial charge in [0.05, 0.1) is 5.75 Å². The lowest BCUT2D eigenvalue weighted by molar-refractivity contribution is 0.259. The molecule has 0 heterocycles. The molecule has 2 N–H and O–H groups in total. The van der Waals surface area contributed by atoms with E-state index in [-0.39, 0.29) is 11.3 Å². The second-order valence-corrected chi connectivity index (χ2v) is 5.91. The van der Waals surface area contributed by atoms with Crippen molar-refractivity contribution in [3.63, 3.8) is 0 Å². The summed E-state index contributed by atoms with van der Waals surface area (Å²) in [7, 11) is -3.81. The van der Waals surface area contributed by atoms with Crippen LogP contribution < -0.4 is 5.32 Å². The number of hydrogen-bond acceptors (Lipinski definition) is 3. The Hall–Kier alpha value is -0.130. The van der Waals surface area contributed by atoms with E-state index in [2.05, 4.69) is 12.2 Å². The van der Waals surface area contributed by atoms with Gasteiger partial charge in [-0.25, -0.2) is 0 Å². The van der Waals surface area contributed by atoms with Gasteiger partial charge in [0.25, 0.3) is 10.1 Å². The highest BCUT2D eigenvalue weighted by Crippen LogP contribution is 2.27. The summed E-state index contributed by atoms with van der Waals surface area (Å²) in [5.41, 5.74) is 0.0724. The van der Waals surface area contributed by atoms with Crippen LogP contribution in [-0.4, -0.2) is 30.8 Å². The van der Waals surface area contributed by atoms with Crippen molar-refractivity contribution in [1.29, 1.82) is 0 Å². The molecule has 1 aliphatic carbocycles. The average molecular weight is 221 g/mol. The highest BCUT2D eigenvalue weighted by Gasteiger charge is 2.25. The molecule has 0 bridgehead atoms. The first-order chi connectivity index (χ1) is 6.41. The molecule has 14 heavy (non-hydrogen) atoms. The molecule has 84 valence electrons. The molecule has 1 rings (SSSR count). The molecular formula is C9H19NO3S. The van der Waals surface area contributed by atoms with Gasteiger partial charge in [-0.3, -0.25) is 4.55 Å². The lowest BCUT2D eigenvalue weighted by Crippen LogP contribution is -2.45. The van der Waals surface area contributed by atoms with E-state index in [1.165, 1.54) is 19.3 Å². The Bertz CT molecular complexity index is 268. The van der Waals surface area contributed by atoms with Gasteiger partial charge in [0, 0.05) is 12.1 Å². The van der Waals surface area contributed by atoms with Crippen molar-refractivity contribution in [2.24, 2.45) is 0 Å². The summed E-state index contributed by atoms with van der Waals surface area (Å²) < 4.78 is 29.5. The molecule has 0 radical (unpaired) electrons. The fourth-order valence-corrected chi connectivity index (χ4v) is 2.35. The van der Waals surface area contributed by atoms with Gasteiger partial charge in [0.1, 0.15) is 0 Å². The number of rotatable bonds is 4. The molecule has 1 aliphatic rings. The summed E-state index contributed by atoms with van der Waals surface area (Å²) in [6.45, 7) is 2.46. The molecule has 0 amide bonds. The van der Waals surface area contributed by atoms with Crippen molar-refractivity contribution in [3.8, 4) is 0 Å². The average Bonchev–Trinajstić information content (AvgIpc) is 2.02. The van der Waals surface area contributed by atoms with Crippen molar-refractivity contribution in [2.45, 2.75) is 44.6 Å². The molecule has 4 nitrogen and oxygen atoms in total. The minimum atomic E-state index is -3.81. The SMILES string of the molecule is CC1(NCCS(=O)(=O)O)CCCCC1. The van der Waals surface area contributed by atoms with Crippen molar-refractivity contribution in [1.82, 2.24) is 5.32 Å². The van der Waals surface area contributed by atoms with Crippen LogP contribution in [0.1, 0.15) is 39.0 Å². The van der Waals surface area contributed by atoms with Gasteiger partial charge in [-0.1, -0.05) is 19.3 Å². The van der Waals surface area contributed by atoms with Gasteiger partial charge in [0.2, 0.25) is 0 Å². The summed E-state index contributed by atoms with van der Waals surface area (Å²) in [6.07, 6.45) is 5.87. The maximum absolute atomic E-state index is 10.5. The second kappa shape index (κ2) is 4.59. The molecule has 0 saturated heterocycles. The predicted molar refractivity (Wildman–Crippen MR) is 55.9 cm³/mol. The molecule has 0 aliphatic heterocycles. The van der Waals surface area contributed by atoms with Crippen LogP contribution >= 0.6 is 0 Å². The molecule has 1 saturated carbocycles. The highest BCUT2D eigenvalue weighted by molar-refractivity contribution is 7.85. The van der Waals surface area contributed by atoms with E-state index in [4.69, 9.17) is 4.55 Å². The van der Waals surface area contributed by atoms with Crippen LogP contribution in [0.5, 0.6) is 0 Å². The van der Waals surface area contributed by atoms with Crippen molar-refractivity contribution in [2.75, 3.05) is 12.3 Å². The number of nitrogens with one attached hydrogen (secondary N) is 1. The van der Waals surface area contributed by atoms with Crippen LogP contribution in [0.25, 0.3) is 0 Å². The van der Waals surface area contributed by atoms with E-state index >= 15 is 0 Å². The maximum Gasteiger partial charge on any atom is 0.266 e. The Labute approximate surface area is 85.8 Å². The van der Waals surface area contributed by atoms with E-state index in [1.54, 1.807) is 0 Å². The van der Waals surface area contributed by atoms with Crippen molar-refractivity contribution >= 4 is 10.1 Å². The lowest BCUT2D eigenvalue weighted by Gasteiger charge is -2.34. The van der Waals surface area contributed by atoms with Gasteiger partial charge >= 0.3 is 0 Å². The normalized spacial score (nSPS) is 22.1. The molecule has 1 fully saturated rings. The van der Waals surface area contributed by atoms with Crippen LogP contribution in [0.2, 0.25) is 0 Å². The van der Waals surface area contributed by atoms with Crippen LogP contribution in [0.4, 0.5) is 0 Å². The zero-order valence-electron chi connectivity index (χ0n) is 8.62. The standard InChI is InChI=1S/C9H19NO3S/c1-9(5-3-2-4-6-9)10-7-8-14(11,12)13/h10H,2-8H2,1H3,(H,11,12,13). The molecule has 5 heteroatoms. The monoisotopic (exact) mass is 221 g/mol. The molecule has 0 spiro atoms. The summed E-state index contributed by atoms with van der Waals surface area (Å²) in [5.74, 6) is -0.192. The van der Waals surface area contributed by atoms with E-state index in [9.17, 15) is 8.42 Å². The summed E-state index contributed by atoms with van der Waals surface area (Å²) in [5, 5.41) is 3.22. The molecule has 0 aromatic heterocycles. The minimum Gasteiger partial charge on any atom is -0.310 e. The van der Waals surface area contributed by atoms with Crippen molar-refractivity contribution in [3.05, 3.63) is 0 Å². The Morgan fingerprint density at radius 3 is 2.36 bits per heavy atom. The maximum atomic E-state index is 10.5. The van der Waals surface area contributed by atoms with Crippen molar-refractivity contribution < 1.29 is 13.0 Å². The van der Waals surface area contributed by atoms with Crippen LogP contribution in [0.3, 0.4) is 0 Å². The van der Waals surface area contributed by atoms with E-state index in [1.807, 2.05) is 0 Å². The molecule has 0 aromatic carbocycles. The summed E-state index contributed by atoms with van der Waals surface area (Å²) >= 11 is 0. The Morgan fingerprint density at radius 1 is 1.29 bits per heavy atom. The molecule has 0 atom stereocenters. The van der Waals surface area contributed by atoms with Crippen LogP contribution in [0.15, 0.2) is 0 Å². The smallest absolute Gasteiger partial charge is 0.266 e. The number of hydrogen-bond donors (Lipinski definition) is 2. The van der Waals surface area contributed by atoms with Gasteiger partial charge in [-0.2, -0.15) is 8.42 Å². The van der Waals surface area contributed by atoms with Gasteiger partial charge in [0.15, 0.2) is 0 Å². The van der Waals surface area contributed by atoms with Gasteiger partial charge in [-0.15, -0.1) is 0 Å². The fraction of sp³-hybridized carbons (Fsp3) is 1.00. The topological polar surface area (TPSA) is 66.4 Å². The first-order valence-corrected chi connectivity index (χ1v) is 6.72. The molecular weight excluding hydrogens is 202 g/mol. The third-order valence-corrected chi connectivity index (χ3v) is 3.59. The van der Waals surface area contributed by atoms with Gasteiger partial charge < -0.3 is 5.32 Å². The molecule has 0 aromatic rings. The largest absolute Gasteiger partial charge is 0.310 e. The summed E-state index contributed by atoms with van der Waals surface area (Å²) in [4.78, 5) is 0. The highest BCUT2D eigenvalue weighted by atomic mass is 32.2. The first kappa shape index (κ1) is 11.9. The van der Waals surface area contributed by atoms with E-state index < -0.39 is 10.1 Å². The quantitative estimate of drug-likeness (QED) is 0.700. The van der Waals surface area contributed by atoms with Gasteiger partial charge in [-0.05, 0) is 19.8 Å². The summed E-state index contributed by atoms with van der Waals surface area (Å²) in [6, 6.07) is 0. The second-order valence-electron chi connectivity index (χ2n) is 4.33. The third-order valence-electron chi connectivity index (χ3n) is 2.87. The lowest BCUT2D eigenvalue weighted by atomic mass is 9.83. The Kier molecular flexibility index (Phi) is 3.92. The fourth-order valence-electron chi connectivity index (χ4n) is 1.99. The third kappa shape index (κ3) is 4.39. The zero-order chi connectivity index (χ0) is 10.7. The van der Waals surface area contributed by atoms with E-state index in [0.29, 0.717) is 6.54 Å². The van der Waals surface area contributed by atoms with Crippen LogP contribution in [0, 0.1) is 0 Å². The molecule has 0 unspecified atom stereocenters. The Morgan fingerprint density at radius 2 is 1.86 bits per heavy atom. The first-order valence-electron chi connectivity index (χ1n) is 5.12.